The monoisotopic (exact) mass is 293 g/mol. The van der Waals surface area contributed by atoms with Gasteiger partial charge in [0, 0.05) is 25.0 Å². The molecule has 1 saturated heterocycles. The molecule has 1 spiro atoms. The number of thioether (sulfide) groups is 1. The second kappa shape index (κ2) is 6.01. The SMILES string of the molecule is CCOc1ccc(NC2=NC3(CCOCC3)CS2)cn1. The molecule has 5 nitrogen and oxygen atoms in total. The zero-order valence-electron chi connectivity index (χ0n) is 11.6. The molecule has 3 heterocycles. The number of aliphatic imine (C=N–C) groups is 1. The molecule has 6 heteroatoms. The molecule has 0 unspecified atom stereocenters. The van der Waals surface area contributed by atoms with Crippen LogP contribution in [0.5, 0.6) is 5.88 Å². The summed E-state index contributed by atoms with van der Waals surface area (Å²) < 4.78 is 10.8. The van der Waals surface area contributed by atoms with Crippen molar-refractivity contribution in [3.05, 3.63) is 18.3 Å². The molecule has 0 bridgehead atoms. The second-order valence-corrected chi connectivity index (χ2v) is 5.95. The van der Waals surface area contributed by atoms with E-state index < -0.39 is 0 Å². The van der Waals surface area contributed by atoms with Crippen molar-refractivity contribution in [2.45, 2.75) is 25.3 Å². The van der Waals surface area contributed by atoms with Crippen molar-refractivity contribution in [3.8, 4) is 5.88 Å². The van der Waals surface area contributed by atoms with E-state index in [0.717, 1.165) is 42.7 Å². The number of amidine groups is 1. The van der Waals surface area contributed by atoms with Gasteiger partial charge in [0.05, 0.1) is 24.0 Å². The Hall–Kier alpha value is -1.27. The van der Waals surface area contributed by atoms with Gasteiger partial charge < -0.3 is 14.8 Å². The highest BCUT2D eigenvalue weighted by Gasteiger charge is 2.37. The Balaban J connectivity index is 1.64. The molecule has 0 saturated carbocycles. The smallest absolute Gasteiger partial charge is 0.213 e. The number of anilines is 1. The van der Waals surface area contributed by atoms with Crippen LogP contribution in [0.3, 0.4) is 0 Å². The van der Waals surface area contributed by atoms with Crippen molar-refractivity contribution in [2.75, 3.05) is 30.9 Å². The van der Waals surface area contributed by atoms with Gasteiger partial charge in [-0.05, 0) is 25.8 Å². The van der Waals surface area contributed by atoms with Crippen LogP contribution < -0.4 is 10.1 Å². The van der Waals surface area contributed by atoms with Gasteiger partial charge in [-0.15, -0.1) is 0 Å². The molecule has 20 heavy (non-hydrogen) atoms. The standard InChI is InChI=1S/C14H19N3O2S/c1-2-19-12-4-3-11(9-15-12)16-13-17-14(10-20-13)5-7-18-8-6-14/h3-4,9H,2,5-8,10H2,1H3,(H,16,17). The number of ether oxygens (including phenoxy) is 2. The third-order valence-corrected chi connectivity index (χ3v) is 4.67. The Bertz CT molecular complexity index is 484. The van der Waals surface area contributed by atoms with Gasteiger partial charge in [-0.2, -0.15) is 0 Å². The van der Waals surface area contributed by atoms with Crippen LogP contribution >= 0.6 is 11.8 Å². The molecule has 108 valence electrons. The Labute approximate surface area is 123 Å². The van der Waals surface area contributed by atoms with Gasteiger partial charge in [0.25, 0.3) is 0 Å². The van der Waals surface area contributed by atoms with Crippen LogP contribution in [0.4, 0.5) is 5.69 Å². The molecule has 0 aliphatic carbocycles. The van der Waals surface area contributed by atoms with Gasteiger partial charge in [-0.3, -0.25) is 4.99 Å². The third kappa shape index (κ3) is 3.07. The Morgan fingerprint density at radius 3 is 2.95 bits per heavy atom. The van der Waals surface area contributed by atoms with Crippen molar-refractivity contribution in [2.24, 2.45) is 4.99 Å². The summed E-state index contributed by atoms with van der Waals surface area (Å²) in [5.74, 6) is 1.70. The zero-order valence-corrected chi connectivity index (χ0v) is 12.4. The Kier molecular flexibility index (Phi) is 4.12. The van der Waals surface area contributed by atoms with Crippen molar-refractivity contribution in [1.82, 2.24) is 4.98 Å². The number of rotatable bonds is 3. The number of hydrogen-bond donors (Lipinski definition) is 1. The van der Waals surface area contributed by atoms with E-state index in [-0.39, 0.29) is 5.54 Å². The first-order chi connectivity index (χ1) is 9.80. The first kappa shape index (κ1) is 13.7. The summed E-state index contributed by atoms with van der Waals surface area (Å²) in [6.45, 7) is 4.22. The molecule has 2 aliphatic heterocycles. The van der Waals surface area contributed by atoms with Crippen molar-refractivity contribution >= 4 is 22.6 Å². The number of nitrogens with zero attached hydrogens (tertiary/aromatic N) is 2. The summed E-state index contributed by atoms with van der Waals surface area (Å²) in [5, 5.41) is 4.32. The lowest BCUT2D eigenvalue weighted by molar-refractivity contribution is 0.0624. The summed E-state index contributed by atoms with van der Waals surface area (Å²) in [4.78, 5) is 9.11. The first-order valence-electron chi connectivity index (χ1n) is 6.96. The summed E-state index contributed by atoms with van der Waals surface area (Å²) in [5.41, 5.74) is 1.04. The van der Waals surface area contributed by atoms with E-state index in [0.29, 0.717) is 12.5 Å². The molecule has 0 radical (unpaired) electrons. The quantitative estimate of drug-likeness (QED) is 0.928. The molecule has 0 atom stereocenters. The van der Waals surface area contributed by atoms with Crippen LogP contribution in [0.15, 0.2) is 23.3 Å². The number of hydrogen-bond acceptors (Lipinski definition) is 6. The minimum absolute atomic E-state index is 0.0872. The maximum absolute atomic E-state index is 5.42. The van der Waals surface area contributed by atoms with Gasteiger partial charge >= 0.3 is 0 Å². The predicted octanol–water partition coefficient (Wildman–Crippen LogP) is 2.54. The highest BCUT2D eigenvalue weighted by Crippen LogP contribution is 2.36. The van der Waals surface area contributed by atoms with Crippen LogP contribution in [0.1, 0.15) is 19.8 Å². The van der Waals surface area contributed by atoms with E-state index in [1.165, 1.54) is 0 Å². The van der Waals surface area contributed by atoms with E-state index in [2.05, 4.69) is 10.3 Å². The molecular formula is C14H19N3O2S. The fraction of sp³-hybridized carbons (Fsp3) is 0.571. The summed E-state index contributed by atoms with van der Waals surface area (Å²) >= 11 is 1.78. The molecule has 1 aromatic rings. The lowest BCUT2D eigenvalue weighted by atomic mass is 9.93. The Morgan fingerprint density at radius 2 is 2.25 bits per heavy atom. The minimum Gasteiger partial charge on any atom is -0.478 e. The van der Waals surface area contributed by atoms with Gasteiger partial charge in [0.2, 0.25) is 5.88 Å². The van der Waals surface area contributed by atoms with Crippen molar-refractivity contribution < 1.29 is 9.47 Å². The normalized spacial score (nSPS) is 20.8. The van der Waals surface area contributed by atoms with Gasteiger partial charge in [-0.1, -0.05) is 11.8 Å². The maximum atomic E-state index is 5.42. The summed E-state index contributed by atoms with van der Waals surface area (Å²) in [6.07, 6.45) is 3.82. The van der Waals surface area contributed by atoms with Crippen LogP contribution in [0, 0.1) is 0 Å². The molecule has 1 aromatic heterocycles. The van der Waals surface area contributed by atoms with E-state index >= 15 is 0 Å². The molecule has 1 fully saturated rings. The van der Waals surface area contributed by atoms with Crippen LogP contribution in [0.25, 0.3) is 0 Å². The molecule has 0 aromatic carbocycles. The lowest BCUT2D eigenvalue weighted by Crippen LogP contribution is -2.34. The number of nitrogens with one attached hydrogen (secondary N) is 1. The molecule has 3 rings (SSSR count). The van der Waals surface area contributed by atoms with Crippen molar-refractivity contribution in [1.29, 1.82) is 0 Å². The highest BCUT2D eigenvalue weighted by molar-refractivity contribution is 8.14. The second-order valence-electron chi connectivity index (χ2n) is 4.99. The lowest BCUT2D eigenvalue weighted by Gasteiger charge is -2.29. The first-order valence-corrected chi connectivity index (χ1v) is 7.94. The summed E-state index contributed by atoms with van der Waals surface area (Å²) in [7, 11) is 0. The highest BCUT2D eigenvalue weighted by atomic mass is 32.2. The van der Waals surface area contributed by atoms with Crippen LogP contribution in [-0.2, 0) is 4.74 Å². The fourth-order valence-corrected chi connectivity index (χ4v) is 3.57. The van der Waals surface area contributed by atoms with Gasteiger partial charge in [-0.25, -0.2) is 4.98 Å². The van der Waals surface area contributed by atoms with Gasteiger partial charge in [0.1, 0.15) is 0 Å². The van der Waals surface area contributed by atoms with Crippen LogP contribution in [-0.4, -0.2) is 41.3 Å². The van der Waals surface area contributed by atoms with Crippen molar-refractivity contribution in [3.63, 3.8) is 0 Å². The van der Waals surface area contributed by atoms with E-state index in [9.17, 15) is 0 Å². The number of aromatic nitrogens is 1. The molecule has 1 N–H and O–H groups in total. The molecule has 2 aliphatic rings. The zero-order chi connectivity index (χ0) is 13.8. The fourth-order valence-electron chi connectivity index (χ4n) is 2.37. The number of pyridine rings is 1. The van der Waals surface area contributed by atoms with Gasteiger partial charge in [0.15, 0.2) is 5.17 Å². The molecule has 0 amide bonds. The molecular weight excluding hydrogens is 274 g/mol. The average molecular weight is 293 g/mol. The van der Waals surface area contributed by atoms with E-state index in [1.54, 1.807) is 18.0 Å². The predicted molar refractivity (Wildman–Crippen MR) is 81.7 cm³/mol. The third-order valence-electron chi connectivity index (χ3n) is 3.52. The van der Waals surface area contributed by atoms with Crippen LogP contribution in [0.2, 0.25) is 0 Å². The van der Waals surface area contributed by atoms with E-state index in [1.807, 2.05) is 19.1 Å². The van der Waals surface area contributed by atoms with E-state index in [4.69, 9.17) is 14.5 Å². The average Bonchev–Trinajstić information content (AvgIpc) is 2.85. The largest absolute Gasteiger partial charge is 0.478 e. The maximum Gasteiger partial charge on any atom is 0.213 e. The summed E-state index contributed by atoms with van der Waals surface area (Å²) in [6, 6.07) is 3.84. The Morgan fingerprint density at radius 1 is 1.40 bits per heavy atom. The topological polar surface area (TPSA) is 55.7 Å². The minimum atomic E-state index is 0.0872.